The lowest BCUT2D eigenvalue weighted by Gasteiger charge is -2.37. The Kier molecular flexibility index (Phi) is 5.95. The average molecular weight is 430 g/mol. The van der Waals surface area contributed by atoms with Crippen LogP contribution in [0.5, 0.6) is 5.75 Å². The number of hydrogen-bond acceptors (Lipinski definition) is 6. The van der Waals surface area contributed by atoms with E-state index in [1.807, 2.05) is 18.3 Å². The van der Waals surface area contributed by atoms with Gasteiger partial charge < -0.3 is 14.5 Å². The summed E-state index contributed by atoms with van der Waals surface area (Å²) in [7, 11) is 1.73. The predicted octanol–water partition coefficient (Wildman–Crippen LogP) is 3.68. The van der Waals surface area contributed by atoms with Crippen LogP contribution in [0.2, 0.25) is 0 Å². The summed E-state index contributed by atoms with van der Waals surface area (Å²) in [6.07, 6.45) is 3.03. The number of methoxy groups -OCH3 is 1. The zero-order chi connectivity index (χ0) is 21.9. The Labute approximate surface area is 190 Å². The van der Waals surface area contributed by atoms with Crippen LogP contribution in [-0.2, 0) is 19.5 Å². The molecule has 0 aliphatic carbocycles. The van der Waals surface area contributed by atoms with Gasteiger partial charge in [0.2, 0.25) is 5.95 Å². The van der Waals surface area contributed by atoms with Crippen molar-refractivity contribution in [3.8, 4) is 5.75 Å². The fraction of sp³-hybridized carbons (Fsp3) is 0.385. The standard InChI is InChI=1S/C26H31N5O/c1-20-6-5-7-21(16-20)18-29-11-10-23-22(19-29)17-27-26(28-23)31-14-12-30(13-15-31)24-8-3-4-9-25(24)32-2/h3-9,16-17H,10-15,18-19H2,1-2H3. The first-order valence-electron chi connectivity index (χ1n) is 11.5. The van der Waals surface area contributed by atoms with E-state index in [1.165, 1.54) is 22.4 Å². The van der Waals surface area contributed by atoms with E-state index in [-0.39, 0.29) is 0 Å². The second-order valence-electron chi connectivity index (χ2n) is 8.74. The van der Waals surface area contributed by atoms with E-state index >= 15 is 0 Å². The van der Waals surface area contributed by atoms with Crippen molar-refractivity contribution in [3.05, 3.63) is 77.1 Å². The van der Waals surface area contributed by atoms with Crippen LogP contribution in [0.1, 0.15) is 22.4 Å². The highest BCUT2D eigenvalue weighted by atomic mass is 16.5. The molecule has 1 aromatic heterocycles. The molecule has 6 nitrogen and oxygen atoms in total. The van der Waals surface area contributed by atoms with Crippen LogP contribution in [0.25, 0.3) is 0 Å². The molecular formula is C26H31N5O. The van der Waals surface area contributed by atoms with Gasteiger partial charge in [0.05, 0.1) is 18.5 Å². The summed E-state index contributed by atoms with van der Waals surface area (Å²) in [5, 5.41) is 0. The molecule has 2 aliphatic rings. The van der Waals surface area contributed by atoms with Crippen molar-refractivity contribution in [1.82, 2.24) is 14.9 Å². The number of aromatic nitrogens is 2. The van der Waals surface area contributed by atoms with Crippen molar-refractivity contribution in [2.45, 2.75) is 26.4 Å². The number of hydrogen-bond donors (Lipinski definition) is 0. The van der Waals surface area contributed by atoms with Gasteiger partial charge >= 0.3 is 0 Å². The average Bonchev–Trinajstić information content (AvgIpc) is 2.84. The Bertz CT molecular complexity index is 1080. The molecule has 0 N–H and O–H groups in total. The molecule has 32 heavy (non-hydrogen) atoms. The summed E-state index contributed by atoms with van der Waals surface area (Å²) in [5.74, 6) is 1.80. The van der Waals surface area contributed by atoms with Gasteiger partial charge in [-0.2, -0.15) is 0 Å². The molecular weight excluding hydrogens is 398 g/mol. The molecule has 1 saturated heterocycles. The van der Waals surface area contributed by atoms with E-state index < -0.39 is 0 Å². The largest absolute Gasteiger partial charge is 0.495 e. The first kappa shape index (κ1) is 20.8. The molecule has 0 bridgehead atoms. The SMILES string of the molecule is COc1ccccc1N1CCN(c2ncc3c(n2)CCN(Cc2cccc(C)c2)C3)CC1. The summed E-state index contributed by atoms with van der Waals surface area (Å²) in [6.45, 7) is 8.79. The minimum atomic E-state index is 0.871. The number of piperazine rings is 1. The molecule has 0 spiro atoms. The van der Waals surface area contributed by atoms with Crippen LogP contribution in [0, 0.1) is 6.92 Å². The highest BCUT2D eigenvalue weighted by Crippen LogP contribution is 2.29. The molecule has 1 fully saturated rings. The lowest BCUT2D eigenvalue weighted by molar-refractivity contribution is 0.243. The zero-order valence-electron chi connectivity index (χ0n) is 19.0. The first-order chi connectivity index (χ1) is 15.7. The minimum Gasteiger partial charge on any atom is -0.495 e. The van der Waals surface area contributed by atoms with Crippen molar-refractivity contribution in [2.24, 2.45) is 0 Å². The number of benzene rings is 2. The number of anilines is 2. The van der Waals surface area contributed by atoms with Crippen molar-refractivity contribution in [2.75, 3.05) is 49.6 Å². The monoisotopic (exact) mass is 429 g/mol. The number of aryl methyl sites for hydroxylation is 1. The van der Waals surface area contributed by atoms with Crippen molar-refractivity contribution in [1.29, 1.82) is 0 Å². The molecule has 166 valence electrons. The number of para-hydroxylation sites is 2. The van der Waals surface area contributed by atoms with Gasteiger partial charge in [0.15, 0.2) is 0 Å². The topological polar surface area (TPSA) is 44.7 Å². The molecule has 5 rings (SSSR count). The smallest absolute Gasteiger partial charge is 0.225 e. The van der Waals surface area contributed by atoms with Crippen LogP contribution in [0.15, 0.2) is 54.7 Å². The van der Waals surface area contributed by atoms with E-state index in [9.17, 15) is 0 Å². The van der Waals surface area contributed by atoms with Gasteiger partial charge in [0.1, 0.15) is 5.75 Å². The van der Waals surface area contributed by atoms with Crippen LogP contribution in [-0.4, -0.2) is 54.7 Å². The van der Waals surface area contributed by atoms with Gasteiger partial charge in [-0.1, -0.05) is 42.0 Å². The predicted molar refractivity (Wildman–Crippen MR) is 128 cm³/mol. The maximum atomic E-state index is 5.54. The van der Waals surface area contributed by atoms with Crippen LogP contribution >= 0.6 is 0 Å². The van der Waals surface area contributed by atoms with Gasteiger partial charge in [-0.15, -0.1) is 0 Å². The third-order valence-corrected chi connectivity index (χ3v) is 6.48. The Morgan fingerprint density at radius 1 is 0.938 bits per heavy atom. The van der Waals surface area contributed by atoms with Gasteiger partial charge in [-0.25, -0.2) is 9.97 Å². The van der Waals surface area contributed by atoms with E-state index in [2.05, 4.69) is 58.0 Å². The van der Waals surface area contributed by atoms with Gasteiger partial charge in [-0.3, -0.25) is 4.90 Å². The fourth-order valence-electron chi connectivity index (χ4n) is 4.76. The molecule has 6 heteroatoms. The highest BCUT2D eigenvalue weighted by Gasteiger charge is 2.24. The van der Waals surface area contributed by atoms with Crippen molar-refractivity contribution in [3.63, 3.8) is 0 Å². The molecule has 0 saturated carbocycles. The number of nitrogens with zero attached hydrogens (tertiary/aromatic N) is 5. The summed E-state index contributed by atoms with van der Waals surface area (Å²) in [4.78, 5) is 16.9. The van der Waals surface area contributed by atoms with Gasteiger partial charge in [0, 0.05) is 64.0 Å². The van der Waals surface area contributed by atoms with Crippen LogP contribution < -0.4 is 14.5 Å². The summed E-state index contributed by atoms with van der Waals surface area (Å²) in [6, 6.07) is 17.0. The fourth-order valence-corrected chi connectivity index (χ4v) is 4.76. The quantitative estimate of drug-likeness (QED) is 0.617. The van der Waals surface area contributed by atoms with E-state index in [0.717, 1.165) is 69.6 Å². The third-order valence-electron chi connectivity index (χ3n) is 6.48. The Hall–Kier alpha value is -3.12. The molecule has 3 aromatic rings. The normalized spacial score (nSPS) is 16.7. The lowest BCUT2D eigenvalue weighted by Crippen LogP contribution is -2.47. The number of ether oxygens (including phenoxy) is 1. The first-order valence-corrected chi connectivity index (χ1v) is 11.5. The maximum absolute atomic E-state index is 5.54. The van der Waals surface area contributed by atoms with Gasteiger partial charge in [-0.05, 0) is 24.6 Å². The molecule has 2 aliphatic heterocycles. The van der Waals surface area contributed by atoms with E-state index in [1.54, 1.807) is 7.11 Å². The maximum Gasteiger partial charge on any atom is 0.225 e. The molecule has 0 atom stereocenters. The molecule has 0 unspecified atom stereocenters. The number of rotatable bonds is 5. The Morgan fingerprint density at radius 2 is 1.75 bits per heavy atom. The highest BCUT2D eigenvalue weighted by molar-refractivity contribution is 5.59. The molecule has 3 heterocycles. The molecule has 0 amide bonds. The van der Waals surface area contributed by atoms with Crippen LogP contribution in [0.4, 0.5) is 11.6 Å². The van der Waals surface area contributed by atoms with E-state index in [0.29, 0.717) is 0 Å². The minimum absolute atomic E-state index is 0.871. The number of fused-ring (bicyclic) bond motifs is 1. The van der Waals surface area contributed by atoms with Crippen molar-refractivity contribution >= 4 is 11.6 Å². The van der Waals surface area contributed by atoms with Crippen LogP contribution in [0.3, 0.4) is 0 Å². The summed E-state index contributed by atoms with van der Waals surface area (Å²) < 4.78 is 5.54. The third kappa shape index (κ3) is 4.41. The van der Waals surface area contributed by atoms with Gasteiger partial charge in [0.25, 0.3) is 0 Å². The summed E-state index contributed by atoms with van der Waals surface area (Å²) in [5.41, 5.74) is 6.33. The lowest BCUT2D eigenvalue weighted by atomic mass is 10.1. The zero-order valence-corrected chi connectivity index (χ0v) is 19.0. The van der Waals surface area contributed by atoms with E-state index in [4.69, 9.17) is 14.7 Å². The Balaban J connectivity index is 1.22. The second-order valence-corrected chi connectivity index (χ2v) is 8.74. The summed E-state index contributed by atoms with van der Waals surface area (Å²) >= 11 is 0. The van der Waals surface area contributed by atoms with Crippen molar-refractivity contribution < 1.29 is 4.74 Å². The molecule has 2 aromatic carbocycles. The Morgan fingerprint density at radius 3 is 2.56 bits per heavy atom. The molecule has 0 radical (unpaired) electrons. The second kappa shape index (κ2) is 9.17.